The largest absolute Gasteiger partial charge is 0.497 e. The zero-order valence-electron chi connectivity index (χ0n) is 14.2. The topological polar surface area (TPSA) is 92.3 Å². The molecule has 2 aromatic carbocycles. The van der Waals surface area contributed by atoms with Crippen LogP contribution in [0.3, 0.4) is 0 Å². The van der Waals surface area contributed by atoms with Crippen molar-refractivity contribution in [1.82, 2.24) is 0 Å². The molecule has 0 bridgehead atoms. The van der Waals surface area contributed by atoms with Gasteiger partial charge in [0, 0.05) is 17.8 Å². The average Bonchev–Trinajstić information content (AvgIpc) is 3.13. The molecule has 1 amide bonds. The van der Waals surface area contributed by atoms with Crippen LogP contribution in [0.15, 0.2) is 36.4 Å². The van der Waals surface area contributed by atoms with Crippen LogP contribution in [0, 0.1) is 0 Å². The highest BCUT2D eigenvalue weighted by atomic mass is 16.7. The molecule has 136 valence electrons. The molecule has 8 nitrogen and oxygen atoms in total. The van der Waals surface area contributed by atoms with Crippen LogP contribution in [-0.4, -0.2) is 39.5 Å². The van der Waals surface area contributed by atoms with Crippen molar-refractivity contribution in [2.45, 2.75) is 0 Å². The Balaban J connectivity index is 1.58. The number of esters is 1. The lowest BCUT2D eigenvalue weighted by Crippen LogP contribution is -2.21. The lowest BCUT2D eigenvalue weighted by atomic mass is 10.2. The van der Waals surface area contributed by atoms with Gasteiger partial charge in [0.2, 0.25) is 6.79 Å². The van der Waals surface area contributed by atoms with Crippen LogP contribution >= 0.6 is 0 Å². The highest BCUT2D eigenvalue weighted by Gasteiger charge is 2.16. The molecule has 0 atom stereocenters. The van der Waals surface area contributed by atoms with Crippen molar-refractivity contribution in [2.24, 2.45) is 0 Å². The monoisotopic (exact) mass is 359 g/mol. The number of amides is 1. The maximum atomic E-state index is 12.1. The van der Waals surface area contributed by atoms with Gasteiger partial charge >= 0.3 is 5.97 Å². The second-order valence-electron chi connectivity index (χ2n) is 5.29. The molecule has 0 aliphatic carbocycles. The molecule has 0 saturated carbocycles. The Morgan fingerprint density at radius 3 is 2.38 bits per heavy atom. The van der Waals surface area contributed by atoms with E-state index in [-0.39, 0.29) is 12.4 Å². The molecule has 0 unspecified atom stereocenters. The quantitative estimate of drug-likeness (QED) is 0.791. The Morgan fingerprint density at radius 2 is 1.69 bits per heavy atom. The maximum Gasteiger partial charge on any atom is 0.338 e. The molecule has 0 saturated heterocycles. The van der Waals surface area contributed by atoms with Crippen LogP contribution in [0.2, 0.25) is 0 Å². The van der Waals surface area contributed by atoms with E-state index >= 15 is 0 Å². The summed E-state index contributed by atoms with van der Waals surface area (Å²) in [7, 11) is 2.95. The first-order valence-electron chi connectivity index (χ1n) is 7.69. The number of methoxy groups -OCH3 is 2. The number of carbonyl (C=O) groups is 2. The minimum Gasteiger partial charge on any atom is -0.497 e. The minimum atomic E-state index is -0.664. The average molecular weight is 359 g/mol. The van der Waals surface area contributed by atoms with Crippen molar-refractivity contribution in [2.75, 3.05) is 32.9 Å². The third-order valence-electron chi connectivity index (χ3n) is 3.58. The number of hydrogen-bond donors (Lipinski definition) is 1. The lowest BCUT2D eigenvalue weighted by Gasteiger charge is -2.09. The fourth-order valence-electron chi connectivity index (χ4n) is 2.31. The summed E-state index contributed by atoms with van der Waals surface area (Å²) in [5.41, 5.74) is 0.732. The number of benzene rings is 2. The van der Waals surface area contributed by atoms with E-state index in [1.807, 2.05) is 0 Å². The molecule has 8 heteroatoms. The van der Waals surface area contributed by atoms with Gasteiger partial charge in [-0.25, -0.2) is 4.79 Å². The van der Waals surface area contributed by atoms with E-state index < -0.39 is 18.5 Å². The third kappa shape index (κ3) is 3.97. The van der Waals surface area contributed by atoms with Crippen LogP contribution < -0.4 is 24.3 Å². The Hall–Kier alpha value is -3.42. The van der Waals surface area contributed by atoms with Crippen molar-refractivity contribution in [3.05, 3.63) is 42.0 Å². The SMILES string of the molecule is COc1cc(OC)cc(C(=O)OCC(=O)Nc2ccc3c(c2)OCO3)c1. The van der Waals surface area contributed by atoms with Gasteiger partial charge in [-0.3, -0.25) is 4.79 Å². The summed E-state index contributed by atoms with van der Waals surface area (Å²) in [5, 5.41) is 2.62. The van der Waals surface area contributed by atoms with E-state index in [4.69, 9.17) is 23.7 Å². The summed E-state index contributed by atoms with van der Waals surface area (Å²) in [6, 6.07) is 9.62. The van der Waals surface area contributed by atoms with Crippen LogP contribution in [-0.2, 0) is 9.53 Å². The first kappa shape index (κ1) is 17.4. The van der Waals surface area contributed by atoms with Gasteiger partial charge in [0.05, 0.1) is 19.8 Å². The van der Waals surface area contributed by atoms with Gasteiger partial charge < -0.3 is 29.0 Å². The number of anilines is 1. The molecule has 0 aromatic heterocycles. The molecule has 1 aliphatic rings. The number of hydrogen-bond acceptors (Lipinski definition) is 7. The zero-order valence-corrected chi connectivity index (χ0v) is 14.2. The standard InChI is InChI=1S/C18H17NO7/c1-22-13-5-11(6-14(8-13)23-2)18(21)24-9-17(20)19-12-3-4-15-16(7-12)26-10-25-15/h3-8H,9-10H2,1-2H3,(H,19,20). The number of rotatable bonds is 6. The van der Waals surface area contributed by atoms with Gasteiger partial charge in [-0.05, 0) is 24.3 Å². The molecule has 0 spiro atoms. The predicted octanol–water partition coefficient (Wildman–Crippen LogP) is 2.23. The summed E-state index contributed by atoms with van der Waals surface area (Å²) < 4.78 is 25.7. The van der Waals surface area contributed by atoms with Crippen LogP contribution in [0.4, 0.5) is 5.69 Å². The molecule has 1 N–H and O–H groups in total. The molecule has 3 rings (SSSR count). The number of carbonyl (C=O) groups excluding carboxylic acids is 2. The van der Waals surface area contributed by atoms with Gasteiger partial charge in [-0.15, -0.1) is 0 Å². The van der Waals surface area contributed by atoms with E-state index in [0.29, 0.717) is 28.7 Å². The van der Waals surface area contributed by atoms with Crippen molar-refractivity contribution in [1.29, 1.82) is 0 Å². The Labute approximate surface area is 149 Å². The minimum absolute atomic E-state index is 0.147. The maximum absolute atomic E-state index is 12.1. The summed E-state index contributed by atoms with van der Waals surface area (Å²) in [6.07, 6.45) is 0. The Kier molecular flexibility index (Phi) is 5.12. The van der Waals surface area contributed by atoms with Gasteiger partial charge in [-0.2, -0.15) is 0 Å². The van der Waals surface area contributed by atoms with E-state index in [1.165, 1.54) is 26.4 Å². The smallest absolute Gasteiger partial charge is 0.338 e. The fourth-order valence-corrected chi connectivity index (χ4v) is 2.31. The van der Waals surface area contributed by atoms with Gasteiger partial charge in [0.15, 0.2) is 18.1 Å². The first-order chi connectivity index (χ1) is 12.6. The Morgan fingerprint density at radius 1 is 1.00 bits per heavy atom. The summed E-state index contributed by atoms with van der Waals surface area (Å²) in [6.45, 7) is -0.291. The summed E-state index contributed by atoms with van der Waals surface area (Å²) >= 11 is 0. The molecule has 26 heavy (non-hydrogen) atoms. The molecule has 0 fully saturated rings. The molecule has 1 aliphatic heterocycles. The van der Waals surface area contributed by atoms with Crippen LogP contribution in [0.25, 0.3) is 0 Å². The fraction of sp³-hybridized carbons (Fsp3) is 0.222. The van der Waals surface area contributed by atoms with Crippen molar-refractivity contribution in [3.8, 4) is 23.0 Å². The predicted molar refractivity (Wildman–Crippen MR) is 91.0 cm³/mol. The molecular weight excluding hydrogens is 342 g/mol. The third-order valence-corrected chi connectivity index (χ3v) is 3.58. The lowest BCUT2D eigenvalue weighted by molar-refractivity contribution is -0.119. The molecular formula is C18H17NO7. The first-order valence-corrected chi connectivity index (χ1v) is 7.69. The van der Waals surface area contributed by atoms with Crippen LogP contribution in [0.1, 0.15) is 10.4 Å². The van der Waals surface area contributed by atoms with E-state index in [9.17, 15) is 9.59 Å². The Bertz CT molecular complexity index is 812. The number of nitrogens with one attached hydrogen (secondary N) is 1. The second kappa shape index (κ2) is 7.64. The highest BCUT2D eigenvalue weighted by molar-refractivity contribution is 5.96. The van der Waals surface area contributed by atoms with Gasteiger partial charge in [0.1, 0.15) is 11.5 Å². The van der Waals surface area contributed by atoms with Crippen molar-refractivity contribution >= 4 is 17.6 Å². The highest BCUT2D eigenvalue weighted by Crippen LogP contribution is 2.34. The molecule has 1 heterocycles. The second-order valence-corrected chi connectivity index (χ2v) is 5.29. The van der Waals surface area contributed by atoms with Gasteiger partial charge in [-0.1, -0.05) is 0 Å². The van der Waals surface area contributed by atoms with Crippen molar-refractivity contribution < 1.29 is 33.3 Å². The molecule has 0 radical (unpaired) electrons. The number of fused-ring (bicyclic) bond motifs is 1. The van der Waals surface area contributed by atoms with Gasteiger partial charge in [0.25, 0.3) is 5.91 Å². The van der Waals surface area contributed by atoms with E-state index in [0.717, 1.165) is 0 Å². The summed E-state index contributed by atoms with van der Waals surface area (Å²) in [5.74, 6) is 0.905. The van der Waals surface area contributed by atoms with Crippen molar-refractivity contribution in [3.63, 3.8) is 0 Å². The van der Waals surface area contributed by atoms with E-state index in [2.05, 4.69) is 5.32 Å². The number of ether oxygens (including phenoxy) is 5. The van der Waals surface area contributed by atoms with Crippen LogP contribution in [0.5, 0.6) is 23.0 Å². The van der Waals surface area contributed by atoms with E-state index in [1.54, 1.807) is 24.3 Å². The normalized spacial score (nSPS) is 11.6. The zero-order chi connectivity index (χ0) is 18.5. The summed E-state index contributed by atoms with van der Waals surface area (Å²) in [4.78, 5) is 24.1. The molecule has 2 aromatic rings.